The summed E-state index contributed by atoms with van der Waals surface area (Å²) in [4.78, 5) is 8.01. The Kier molecular flexibility index (Phi) is 3.46. The van der Waals surface area contributed by atoms with Gasteiger partial charge < -0.3 is 4.74 Å². The number of hydrogen-bond acceptors (Lipinski definition) is 3. The lowest BCUT2D eigenvalue weighted by Gasteiger charge is -2.22. The zero-order valence-electron chi connectivity index (χ0n) is 9.46. The lowest BCUT2D eigenvalue weighted by Crippen LogP contribution is -2.19. The van der Waals surface area contributed by atoms with Crippen LogP contribution in [0.25, 0.3) is 0 Å². The molecule has 2 rings (SSSR count). The van der Waals surface area contributed by atoms with E-state index in [1.807, 2.05) is 17.8 Å². The van der Waals surface area contributed by atoms with Crippen molar-refractivity contribution < 1.29 is 4.74 Å². The Labute approximate surface area is 94.9 Å². The molecule has 2 heterocycles. The molecular formula is C11H16N4O. The van der Waals surface area contributed by atoms with E-state index < -0.39 is 0 Å². The fourth-order valence-corrected chi connectivity index (χ4v) is 1.76. The SMILES string of the molecule is C=NC(C)=Nc1cnn(C2CCOCC2)c1. The van der Waals surface area contributed by atoms with E-state index in [9.17, 15) is 0 Å². The molecule has 5 nitrogen and oxygen atoms in total. The Morgan fingerprint density at radius 2 is 2.31 bits per heavy atom. The molecule has 0 bridgehead atoms. The van der Waals surface area contributed by atoms with E-state index in [2.05, 4.69) is 21.8 Å². The van der Waals surface area contributed by atoms with Gasteiger partial charge in [-0.3, -0.25) is 4.68 Å². The van der Waals surface area contributed by atoms with E-state index in [4.69, 9.17) is 4.74 Å². The number of aromatic nitrogens is 2. The van der Waals surface area contributed by atoms with E-state index in [1.54, 1.807) is 6.20 Å². The number of ether oxygens (including phenoxy) is 1. The van der Waals surface area contributed by atoms with Gasteiger partial charge in [-0.2, -0.15) is 5.10 Å². The topological polar surface area (TPSA) is 51.8 Å². The van der Waals surface area contributed by atoms with Gasteiger partial charge in [0.1, 0.15) is 11.5 Å². The molecule has 0 radical (unpaired) electrons. The molecule has 0 saturated carbocycles. The van der Waals surface area contributed by atoms with E-state index in [0.717, 1.165) is 31.7 Å². The highest BCUT2D eigenvalue weighted by molar-refractivity contribution is 5.85. The van der Waals surface area contributed by atoms with E-state index in [-0.39, 0.29) is 0 Å². The molecule has 0 aliphatic carbocycles. The van der Waals surface area contributed by atoms with Crippen LogP contribution in [0.3, 0.4) is 0 Å². The predicted molar refractivity (Wildman–Crippen MR) is 63.6 cm³/mol. The molecule has 0 unspecified atom stereocenters. The van der Waals surface area contributed by atoms with Gasteiger partial charge in [0.25, 0.3) is 0 Å². The highest BCUT2D eigenvalue weighted by Crippen LogP contribution is 2.22. The average molecular weight is 220 g/mol. The van der Waals surface area contributed by atoms with Crippen molar-refractivity contribution in [2.24, 2.45) is 9.98 Å². The summed E-state index contributed by atoms with van der Waals surface area (Å²) in [5.74, 6) is 0.659. The second kappa shape index (κ2) is 5.03. The van der Waals surface area contributed by atoms with Crippen LogP contribution in [0.2, 0.25) is 0 Å². The van der Waals surface area contributed by atoms with Crippen molar-refractivity contribution >= 4 is 18.2 Å². The van der Waals surface area contributed by atoms with Gasteiger partial charge in [-0.05, 0) is 26.5 Å². The molecule has 16 heavy (non-hydrogen) atoms. The molecule has 5 heteroatoms. The summed E-state index contributed by atoms with van der Waals surface area (Å²) in [6, 6.07) is 0.440. The maximum atomic E-state index is 5.32. The zero-order chi connectivity index (χ0) is 11.4. The van der Waals surface area contributed by atoms with Crippen LogP contribution in [0.15, 0.2) is 22.4 Å². The standard InChI is InChI=1S/C11H16N4O/c1-9(12-2)14-10-7-13-15(8-10)11-3-5-16-6-4-11/h7-8,11H,2-6H2,1H3. The van der Waals surface area contributed by atoms with Crippen molar-refractivity contribution in [3.63, 3.8) is 0 Å². The second-order valence-electron chi connectivity index (χ2n) is 3.84. The van der Waals surface area contributed by atoms with Crippen molar-refractivity contribution in [3.05, 3.63) is 12.4 Å². The highest BCUT2D eigenvalue weighted by Gasteiger charge is 2.16. The fraction of sp³-hybridized carbons (Fsp3) is 0.545. The van der Waals surface area contributed by atoms with Crippen molar-refractivity contribution in [1.82, 2.24) is 9.78 Å². The van der Waals surface area contributed by atoms with Gasteiger partial charge in [0.05, 0.1) is 18.4 Å². The largest absolute Gasteiger partial charge is 0.381 e. The fourth-order valence-electron chi connectivity index (χ4n) is 1.76. The molecule has 1 fully saturated rings. The van der Waals surface area contributed by atoms with Gasteiger partial charge in [-0.1, -0.05) is 0 Å². The summed E-state index contributed by atoms with van der Waals surface area (Å²) in [5, 5.41) is 4.32. The summed E-state index contributed by atoms with van der Waals surface area (Å²) >= 11 is 0. The average Bonchev–Trinajstić information content (AvgIpc) is 2.78. The van der Waals surface area contributed by atoms with Crippen molar-refractivity contribution in [1.29, 1.82) is 0 Å². The number of amidine groups is 1. The Morgan fingerprint density at radius 1 is 1.56 bits per heavy atom. The summed E-state index contributed by atoms with van der Waals surface area (Å²) in [5.41, 5.74) is 0.830. The van der Waals surface area contributed by atoms with Gasteiger partial charge in [0.2, 0.25) is 0 Å². The molecule has 0 atom stereocenters. The van der Waals surface area contributed by atoms with Gasteiger partial charge >= 0.3 is 0 Å². The van der Waals surface area contributed by atoms with Gasteiger partial charge in [0.15, 0.2) is 0 Å². The molecule has 1 saturated heterocycles. The first kappa shape index (κ1) is 11.0. The molecule has 1 aliphatic heterocycles. The number of aliphatic imine (C=N–C) groups is 2. The van der Waals surface area contributed by atoms with Crippen LogP contribution >= 0.6 is 0 Å². The van der Waals surface area contributed by atoms with Crippen molar-refractivity contribution in [2.45, 2.75) is 25.8 Å². The highest BCUT2D eigenvalue weighted by atomic mass is 16.5. The van der Waals surface area contributed by atoms with Gasteiger partial charge in [-0.25, -0.2) is 9.98 Å². The number of nitrogens with zero attached hydrogens (tertiary/aromatic N) is 4. The van der Waals surface area contributed by atoms with Crippen LogP contribution < -0.4 is 0 Å². The molecule has 1 aliphatic rings. The Hall–Kier alpha value is -1.49. The Balaban J connectivity index is 2.09. The van der Waals surface area contributed by atoms with Gasteiger partial charge in [-0.15, -0.1) is 0 Å². The molecule has 0 spiro atoms. The van der Waals surface area contributed by atoms with Crippen molar-refractivity contribution in [2.75, 3.05) is 13.2 Å². The number of hydrogen-bond donors (Lipinski definition) is 0. The van der Waals surface area contributed by atoms with Crippen LogP contribution in [0.4, 0.5) is 5.69 Å². The van der Waals surface area contributed by atoms with Crippen LogP contribution in [0, 0.1) is 0 Å². The second-order valence-corrected chi connectivity index (χ2v) is 3.84. The first-order valence-electron chi connectivity index (χ1n) is 5.43. The molecule has 0 aromatic carbocycles. The minimum absolute atomic E-state index is 0.440. The third-order valence-corrected chi connectivity index (χ3v) is 2.67. The first-order chi connectivity index (χ1) is 7.79. The molecule has 86 valence electrons. The molecule has 0 N–H and O–H groups in total. The van der Waals surface area contributed by atoms with E-state index >= 15 is 0 Å². The third kappa shape index (κ3) is 2.55. The monoisotopic (exact) mass is 220 g/mol. The maximum absolute atomic E-state index is 5.32. The van der Waals surface area contributed by atoms with E-state index in [1.165, 1.54) is 0 Å². The summed E-state index contributed by atoms with van der Waals surface area (Å²) in [6.07, 6.45) is 5.74. The first-order valence-corrected chi connectivity index (χ1v) is 5.43. The third-order valence-electron chi connectivity index (χ3n) is 2.67. The van der Waals surface area contributed by atoms with Crippen LogP contribution in [-0.4, -0.2) is 35.5 Å². The molecule has 1 aromatic heterocycles. The lowest BCUT2D eigenvalue weighted by molar-refractivity contribution is 0.0662. The van der Waals surface area contributed by atoms with Crippen LogP contribution in [0.1, 0.15) is 25.8 Å². The van der Waals surface area contributed by atoms with Gasteiger partial charge in [0, 0.05) is 13.2 Å². The van der Waals surface area contributed by atoms with Crippen molar-refractivity contribution in [3.8, 4) is 0 Å². The normalized spacial score (nSPS) is 18.7. The molecule has 0 amide bonds. The number of rotatable bonds is 2. The van der Waals surface area contributed by atoms with Crippen LogP contribution in [-0.2, 0) is 4.74 Å². The maximum Gasteiger partial charge on any atom is 0.125 e. The minimum atomic E-state index is 0.440. The van der Waals surface area contributed by atoms with E-state index in [0.29, 0.717) is 11.9 Å². The summed E-state index contributed by atoms with van der Waals surface area (Å²) in [7, 11) is 0. The Morgan fingerprint density at radius 3 is 3.00 bits per heavy atom. The Bertz CT molecular complexity index is 390. The predicted octanol–water partition coefficient (Wildman–Crippen LogP) is 1.99. The minimum Gasteiger partial charge on any atom is -0.381 e. The summed E-state index contributed by atoms with van der Waals surface area (Å²) < 4.78 is 7.29. The smallest absolute Gasteiger partial charge is 0.125 e. The molecular weight excluding hydrogens is 204 g/mol. The lowest BCUT2D eigenvalue weighted by atomic mass is 10.1. The summed E-state index contributed by atoms with van der Waals surface area (Å²) in [6.45, 7) is 6.88. The molecule has 1 aromatic rings. The zero-order valence-corrected chi connectivity index (χ0v) is 9.46. The van der Waals surface area contributed by atoms with Crippen LogP contribution in [0.5, 0.6) is 0 Å². The quantitative estimate of drug-likeness (QED) is 0.565.